The third-order valence-electron chi connectivity index (χ3n) is 5.26. The Morgan fingerprint density at radius 1 is 1.23 bits per heavy atom. The molecule has 1 aliphatic carbocycles. The zero-order chi connectivity index (χ0) is 15.1. The highest BCUT2D eigenvalue weighted by Gasteiger charge is 2.65. The van der Waals surface area contributed by atoms with Crippen LogP contribution in [-0.4, -0.2) is 29.0 Å². The number of piperidine rings is 1. The summed E-state index contributed by atoms with van der Waals surface area (Å²) in [5, 5.41) is 7.68. The van der Waals surface area contributed by atoms with E-state index in [0.29, 0.717) is 21.8 Å². The van der Waals surface area contributed by atoms with Crippen LogP contribution < -0.4 is 0 Å². The average molecular weight is 336 g/mol. The molecule has 1 saturated heterocycles. The van der Waals surface area contributed by atoms with Crippen molar-refractivity contribution in [3.63, 3.8) is 0 Å². The van der Waals surface area contributed by atoms with E-state index in [2.05, 4.69) is 10.2 Å². The Bertz CT molecular complexity index is 861. The molecule has 1 N–H and O–H groups in total. The highest BCUT2D eigenvalue weighted by atomic mass is 35.5. The number of aromatic nitrogens is 2. The van der Waals surface area contributed by atoms with Gasteiger partial charge in [-0.2, -0.15) is 9.40 Å². The van der Waals surface area contributed by atoms with Crippen LogP contribution in [0, 0.1) is 11.8 Å². The molecule has 1 aromatic heterocycles. The van der Waals surface area contributed by atoms with Gasteiger partial charge in [-0.1, -0.05) is 11.6 Å². The standard InChI is InChI=1S/C15H14ClN3O2S/c16-8-1-3-9(4-2-8)22(20,21)19-14-6-13-12(7-17-18-13)15(19)11-5-10(11)14/h1-4,7,10-11,14-15H,5-6H2,(H,17,18). The van der Waals surface area contributed by atoms with Gasteiger partial charge < -0.3 is 0 Å². The Labute approximate surface area is 133 Å². The Kier molecular flexibility index (Phi) is 2.46. The largest absolute Gasteiger partial charge is 0.282 e. The Morgan fingerprint density at radius 3 is 2.77 bits per heavy atom. The van der Waals surface area contributed by atoms with Crippen LogP contribution in [0.2, 0.25) is 5.02 Å². The molecular weight excluding hydrogens is 322 g/mol. The van der Waals surface area contributed by atoms with Gasteiger partial charge in [0.15, 0.2) is 0 Å². The predicted molar refractivity (Wildman–Crippen MR) is 80.9 cm³/mol. The van der Waals surface area contributed by atoms with Crippen molar-refractivity contribution in [2.24, 2.45) is 11.8 Å². The number of nitrogens with zero attached hydrogens (tertiary/aromatic N) is 2. The lowest BCUT2D eigenvalue weighted by atomic mass is 9.98. The second-order valence-corrected chi connectivity index (χ2v) is 8.65. The molecule has 1 saturated carbocycles. The highest BCUT2D eigenvalue weighted by Crippen LogP contribution is 2.64. The van der Waals surface area contributed by atoms with Crippen molar-refractivity contribution in [3.8, 4) is 0 Å². The van der Waals surface area contributed by atoms with Crippen molar-refractivity contribution >= 4 is 21.6 Å². The van der Waals surface area contributed by atoms with E-state index < -0.39 is 10.0 Å². The minimum Gasteiger partial charge on any atom is -0.282 e. The van der Waals surface area contributed by atoms with Crippen molar-refractivity contribution in [3.05, 3.63) is 46.7 Å². The Balaban J connectivity index is 1.63. The van der Waals surface area contributed by atoms with Gasteiger partial charge in [-0.15, -0.1) is 0 Å². The van der Waals surface area contributed by atoms with E-state index in [1.54, 1.807) is 34.8 Å². The zero-order valence-corrected chi connectivity index (χ0v) is 13.2. The van der Waals surface area contributed by atoms with Crippen LogP contribution in [0.25, 0.3) is 0 Å². The van der Waals surface area contributed by atoms with E-state index >= 15 is 0 Å². The summed E-state index contributed by atoms with van der Waals surface area (Å²) in [7, 11) is -3.50. The molecule has 22 heavy (non-hydrogen) atoms. The van der Waals surface area contributed by atoms with Gasteiger partial charge in [-0.25, -0.2) is 8.42 Å². The molecule has 2 aliphatic heterocycles. The maximum atomic E-state index is 13.1. The number of hydrogen-bond donors (Lipinski definition) is 1. The molecule has 4 unspecified atom stereocenters. The topological polar surface area (TPSA) is 66.1 Å². The molecule has 2 aromatic rings. The average Bonchev–Trinajstić information content (AvgIpc) is 3.07. The lowest BCUT2D eigenvalue weighted by Gasteiger charge is -2.36. The summed E-state index contributed by atoms with van der Waals surface area (Å²) in [6, 6.07) is 6.44. The van der Waals surface area contributed by atoms with E-state index in [4.69, 9.17) is 11.6 Å². The second-order valence-electron chi connectivity index (χ2n) is 6.37. The van der Waals surface area contributed by atoms with Gasteiger partial charge in [0.25, 0.3) is 0 Å². The highest BCUT2D eigenvalue weighted by molar-refractivity contribution is 7.89. The van der Waals surface area contributed by atoms with Crippen LogP contribution in [0.5, 0.6) is 0 Å². The number of H-pyrrole nitrogens is 1. The molecule has 5 nitrogen and oxygen atoms in total. The fraction of sp³-hybridized carbons (Fsp3) is 0.400. The summed E-state index contributed by atoms with van der Waals surface area (Å²) in [5.74, 6) is 0.943. The minimum atomic E-state index is -3.50. The summed E-state index contributed by atoms with van der Waals surface area (Å²) < 4.78 is 27.9. The molecule has 0 radical (unpaired) electrons. The summed E-state index contributed by atoms with van der Waals surface area (Å²) in [5.41, 5.74) is 2.16. The third-order valence-corrected chi connectivity index (χ3v) is 7.44. The first-order valence-corrected chi connectivity index (χ1v) is 9.20. The lowest BCUT2D eigenvalue weighted by Crippen LogP contribution is -2.44. The van der Waals surface area contributed by atoms with Crippen molar-refractivity contribution in [1.29, 1.82) is 0 Å². The molecule has 2 fully saturated rings. The van der Waals surface area contributed by atoms with E-state index in [0.717, 1.165) is 24.1 Å². The minimum absolute atomic E-state index is 0.0572. The number of fused-ring (bicyclic) bond motifs is 7. The van der Waals surface area contributed by atoms with Crippen LogP contribution in [0.4, 0.5) is 0 Å². The zero-order valence-electron chi connectivity index (χ0n) is 11.6. The number of nitrogens with one attached hydrogen (secondary N) is 1. The summed E-state index contributed by atoms with van der Waals surface area (Å²) in [6.45, 7) is 0. The number of hydrogen-bond acceptors (Lipinski definition) is 3. The second kappa shape index (κ2) is 4.13. The molecule has 2 bridgehead atoms. The fourth-order valence-electron chi connectivity index (χ4n) is 4.24. The fourth-order valence-corrected chi connectivity index (χ4v) is 6.25. The van der Waals surface area contributed by atoms with E-state index in [9.17, 15) is 8.42 Å². The van der Waals surface area contributed by atoms with Crippen molar-refractivity contribution in [2.75, 3.05) is 0 Å². The van der Waals surface area contributed by atoms with Gasteiger partial charge in [0, 0.05) is 28.7 Å². The first kappa shape index (κ1) is 13.1. The molecule has 0 spiro atoms. The summed E-state index contributed by atoms with van der Waals surface area (Å²) in [6.07, 6.45) is 3.66. The van der Waals surface area contributed by atoms with Crippen LogP contribution in [0.1, 0.15) is 23.7 Å². The van der Waals surface area contributed by atoms with Crippen molar-refractivity contribution in [1.82, 2.24) is 14.5 Å². The van der Waals surface area contributed by atoms with Gasteiger partial charge >= 0.3 is 0 Å². The van der Waals surface area contributed by atoms with Gasteiger partial charge in [-0.05, 0) is 42.5 Å². The van der Waals surface area contributed by atoms with E-state index in [-0.39, 0.29) is 12.1 Å². The molecule has 5 rings (SSSR count). The van der Waals surface area contributed by atoms with Gasteiger partial charge in [-0.3, -0.25) is 5.10 Å². The smallest absolute Gasteiger partial charge is 0.243 e. The Morgan fingerprint density at radius 2 is 2.00 bits per heavy atom. The Hall–Kier alpha value is -1.37. The molecule has 114 valence electrons. The van der Waals surface area contributed by atoms with Crippen LogP contribution in [0.15, 0.2) is 35.4 Å². The molecule has 3 aliphatic rings. The number of aromatic amines is 1. The molecule has 3 heterocycles. The molecule has 0 amide bonds. The third kappa shape index (κ3) is 1.58. The number of halogens is 1. The number of benzene rings is 1. The molecule has 7 heteroatoms. The predicted octanol–water partition coefficient (Wildman–Crippen LogP) is 2.37. The van der Waals surface area contributed by atoms with Gasteiger partial charge in [0.1, 0.15) is 0 Å². The van der Waals surface area contributed by atoms with Crippen LogP contribution in [0.3, 0.4) is 0 Å². The lowest BCUT2D eigenvalue weighted by molar-refractivity contribution is 0.257. The number of sulfonamides is 1. The first-order chi connectivity index (χ1) is 10.6. The normalized spacial score (nSPS) is 32.6. The van der Waals surface area contributed by atoms with E-state index in [1.165, 1.54) is 0 Å². The molecular formula is C15H14ClN3O2S. The van der Waals surface area contributed by atoms with E-state index in [1.807, 2.05) is 0 Å². The van der Waals surface area contributed by atoms with Crippen LogP contribution in [-0.2, 0) is 16.4 Å². The maximum absolute atomic E-state index is 13.1. The quantitative estimate of drug-likeness (QED) is 0.916. The molecule has 4 atom stereocenters. The van der Waals surface area contributed by atoms with Gasteiger partial charge in [0.2, 0.25) is 10.0 Å². The van der Waals surface area contributed by atoms with Crippen LogP contribution >= 0.6 is 11.6 Å². The molecule has 1 aromatic carbocycles. The van der Waals surface area contributed by atoms with Gasteiger partial charge in [0.05, 0.1) is 17.1 Å². The summed E-state index contributed by atoms with van der Waals surface area (Å²) in [4.78, 5) is 0.320. The monoisotopic (exact) mass is 335 g/mol. The number of rotatable bonds is 2. The first-order valence-electron chi connectivity index (χ1n) is 7.38. The summed E-state index contributed by atoms with van der Waals surface area (Å²) >= 11 is 5.88. The maximum Gasteiger partial charge on any atom is 0.243 e. The van der Waals surface area contributed by atoms with Crippen molar-refractivity contribution in [2.45, 2.75) is 29.8 Å². The van der Waals surface area contributed by atoms with Crippen molar-refractivity contribution < 1.29 is 8.42 Å². The SMILES string of the molecule is O=S(=O)(c1ccc(Cl)cc1)N1C2Cc3[nH]ncc3C1C1CC12.